The van der Waals surface area contributed by atoms with Gasteiger partial charge in [0.2, 0.25) is 0 Å². The lowest BCUT2D eigenvalue weighted by Crippen LogP contribution is -2.80. The Morgan fingerprint density at radius 3 is 2.53 bits per heavy atom. The zero-order chi connectivity index (χ0) is 13.9. The molecule has 1 aliphatic heterocycles. The average Bonchev–Trinajstić information content (AvgIpc) is 2.71. The lowest BCUT2D eigenvalue weighted by Gasteiger charge is -2.35. The summed E-state index contributed by atoms with van der Waals surface area (Å²) in [6, 6.07) is 11.2. The first-order valence-electron chi connectivity index (χ1n) is 7.47. The van der Waals surface area contributed by atoms with Crippen molar-refractivity contribution in [2.24, 2.45) is 5.92 Å². The Morgan fingerprint density at radius 1 is 1.32 bits per heavy atom. The van der Waals surface area contributed by atoms with Gasteiger partial charge < -0.3 is 5.32 Å². The zero-order valence-corrected chi connectivity index (χ0v) is 12.6. The van der Waals surface area contributed by atoms with Crippen molar-refractivity contribution in [3.05, 3.63) is 42.9 Å². The molecule has 1 aromatic rings. The topological polar surface area (TPSA) is 19.9 Å². The highest BCUT2D eigenvalue weighted by Gasteiger charge is 2.34. The van der Waals surface area contributed by atoms with Gasteiger partial charge in [-0.2, -0.15) is 7.05 Å². The highest BCUT2D eigenvalue weighted by atomic mass is 15.2. The van der Waals surface area contributed by atoms with Crippen molar-refractivity contribution in [1.82, 2.24) is 4.90 Å². The number of nitrogens with zero attached hydrogens (tertiary/aromatic N) is 1. The molecule has 2 nitrogen and oxygen atoms in total. The third-order valence-electron chi connectivity index (χ3n) is 4.63. The second-order valence-corrected chi connectivity index (χ2v) is 6.51. The summed E-state index contributed by atoms with van der Waals surface area (Å²) < 4.78 is 0. The number of hydrogen-bond acceptors (Lipinski definition) is 1. The Bertz CT molecular complexity index is 386. The number of rotatable bonds is 5. The van der Waals surface area contributed by atoms with E-state index in [-0.39, 0.29) is 0 Å². The van der Waals surface area contributed by atoms with Crippen LogP contribution < -0.4 is 5.32 Å². The third-order valence-corrected chi connectivity index (χ3v) is 4.63. The van der Waals surface area contributed by atoms with Crippen LogP contribution in [0.4, 0.5) is 0 Å². The smallest absolute Gasteiger partial charge is 0.0914 e. The van der Waals surface area contributed by atoms with E-state index < -0.39 is 0 Å². The Labute approximate surface area is 118 Å². The van der Waals surface area contributed by atoms with Crippen molar-refractivity contribution in [1.29, 1.82) is 0 Å². The van der Waals surface area contributed by atoms with Gasteiger partial charge in [-0.05, 0) is 33.2 Å². The molecule has 0 aliphatic carbocycles. The molecule has 2 N–H and O–H groups in total. The van der Waals surface area contributed by atoms with Crippen LogP contribution in [0.5, 0.6) is 0 Å². The summed E-state index contributed by atoms with van der Waals surface area (Å²) in [5.74, 6) is 0.609. The van der Waals surface area contributed by atoms with Crippen molar-refractivity contribution in [3.63, 3.8) is 0 Å². The largest absolute Gasteiger partial charge is 0.472 e. The van der Waals surface area contributed by atoms with E-state index in [4.69, 9.17) is 0 Å². The first kappa shape index (κ1) is 14.5. The van der Waals surface area contributed by atoms with Crippen molar-refractivity contribution in [3.8, 4) is 0 Å². The van der Waals surface area contributed by atoms with E-state index in [1.54, 1.807) is 0 Å². The first-order valence-corrected chi connectivity index (χ1v) is 7.47. The lowest BCUT2D eigenvalue weighted by molar-refractivity contribution is -0.648. The molecule has 1 fully saturated rings. The van der Waals surface area contributed by atoms with E-state index in [0.717, 1.165) is 0 Å². The lowest BCUT2D eigenvalue weighted by atomic mass is 9.92. The molecule has 1 saturated heterocycles. The minimum absolute atomic E-state index is 0.372. The summed E-state index contributed by atoms with van der Waals surface area (Å²) in [5, 5.41) is 2.11. The van der Waals surface area contributed by atoms with Gasteiger partial charge in [0.15, 0.2) is 0 Å². The Kier molecular flexibility index (Phi) is 4.64. The molecule has 106 valence electrons. The molecule has 2 rings (SSSR count). The third kappa shape index (κ3) is 3.37. The van der Waals surface area contributed by atoms with Crippen LogP contribution in [0.2, 0.25) is 0 Å². The standard InChI is InChI=1S/C17H28N2/c1-14(13-19-12-8-11-17(19,2)3)16(18-4)15-9-6-5-7-10-15/h5-7,9-10,14,16H,4,8,11-13,18H2,1-3H3/t14-,16+/m0/s1. The molecule has 0 spiro atoms. The summed E-state index contributed by atoms with van der Waals surface area (Å²) in [5.41, 5.74) is 1.76. The maximum Gasteiger partial charge on any atom is 0.0914 e. The van der Waals surface area contributed by atoms with E-state index in [2.05, 4.69) is 68.4 Å². The van der Waals surface area contributed by atoms with Gasteiger partial charge in [0.1, 0.15) is 0 Å². The van der Waals surface area contributed by atoms with Crippen LogP contribution in [0.1, 0.15) is 45.2 Å². The quantitative estimate of drug-likeness (QED) is 0.807. The van der Waals surface area contributed by atoms with Crippen LogP contribution in [-0.4, -0.2) is 23.5 Å². The Balaban J connectivity index is 2.03. The maximum atomic E-state index is 4.05. The van der Waals surface area contributed by atoms with Gasteiger partial charge in [-0.3, -0.25) is 4.90 Å². The molecule has 19 heavy (non-hydrogen) atoms. The molecule has 2 atom stereocenters. The van der Waals surface area contributed by atoms with Crippen molar-refractivity contribution in [2.75, 3.05) is 13.1 Å². The average molecular weight is 260 g/mol. The summed E-state index contributed by atoms with van der Waals surface area (Å²) in [6.45, 7) is 9.51. The van der Waals surface area contributed by atoms with Crippen LogP contribution in [0, 0.1) is 13.0 Å². The normalized spacial score (nSPS) is 22.3. The molecule has 0 amide bonds. The van der Waals surface area contributed by atoms with Crippen LogP contribution in [0.15, 0.2) is 30.3 Å². The molecule has 0 aromatic heterocycles. The summed E-state index contributed by atoms with van der Waals surface area (Å²) in [6.07, 6.45) is 2.66. The van der Waals surface area contributed by atoms with Gasteiger partial charge in [0.25, 0.3) is 0 Å². The highest BCUT2D eigenvalue weighted by molar-refractivity contribution is 5.17. The van der Waals surface area contributed by atoms with Crippen molar-refractivity contribution in [2.45, 2.75) is 45.2 Å². The van der Waals surface area contributed by atoms with Gasteiger partial charge in [0, 0.05) is 23.6 Å². The highest BCUT2D eigenvalue weighted by Crippen LogP contribution is 2.30. The molecular formula is C17H28N2. The minimum Gasteiger partial charge on any atom is -0.472 e. The van der Waals surface area contributed by atoms with Gasteiger partial charge in [-0.25, -0.2) is 0 Å². The first-order chi connectivity index (χ1) is 9.04. The van der Waals surface area contributed by atoms with Crippen molar-refractivity contribution < 1.29 is 5.32 Å². The number of likely N-dealkylation sites (tertiary alicyclic amines) is 1. The van der Waals surface area contributed by atoms with Gasteiger partial charge in [-0.15, -0.1) is 0 Å². The Hall–Kier alpha value is -0.860. The number of hydrogen-bond donors (Lipinski definition) is 1. The van der Waals surface area contributed by atoms with Gasteiger partial charge in [0.05, 0.1) is 6.04 Å². The maximum absolute atomic E-state index is 4.05. The molecular weight excluding hydrogens is 232 g/mol. The van der Waals surface area contributed by atoms with Crippen LogP contribution in [-0.2, 0) is 0 Å². The summed E-state index contributed by atoms with van der Waals surface area (Å²) in [4.78, 5) is 2.65. The van der Waals surface area contributed by atoms with Gasteiger partial charge >= 0.3 is 0 Å². The van der Waals surface area contributed by atoms with Gasteiger partial charge in [-0.1, -0.05) is 37.3 Å². The molecule has 0 unspecified atom stereocenters. The molecule has 0 radical (unpaired) electrons. The zero-order valence-electron chi connectivity index (χ0n) is 12.6. The fourth-order valence-corrected chi connectivity index (χ4v) is 3.34. The minimum atomic E-state index is 0.372. The Morgan fingerprint density at radius 2 is 2.00 bits per heavy atom. The summed E-state index contributed by atoms with van der Waals surface area (Å²) in [7, 11) is 4.05. The predicted octanol–water partition coefficient (Wildman–Crippen LogP) is 2.59. The SMILES string of the molecule is [CH2-][NH2+][C@@H](c1ccccc1)[C@@H](C)CN1CCCC1(C)C. The van der Waals surface area contributed by atoms with E-state index >= 15 is 0 Å². The second-order valence-electron chi connectivity index (χ2n) is 6.51. The molecule has 0 bridgehead atoms. The number of nitrogens with two attached hydrogens (primary N) is 1. The summed E-state index contributed by atoms with van der Waals surface area (Å²) >= 11 is 0. The van der Waals surface area contributed by atoms with E-state index in [1.165, 1.54) is 31.5 Å². The van der Waals surface area contributed by atoms with Crippen LogP contribution >= 0.6 is 0 Å². The fourth-order valence-electron chi connectivity index (χ4n) is 3.34. The molecule has 1 heterocycles. The molecule has 1 aliphatic rings. The molecule has 2 heteroatoms. The van der Waals surface area contributed by atoms with E-state index in [1.807, 2.05) is 0 Å². The van der Waals surface area contributed by atoms with Crippen LogP contribution in [0.25, 0.3) is 0 Å². The molecule has 0 saturated carbocycles. The number of benzene rings is 1. The molecule has 1 aromatic carbocycles. The van der Waals surface area contributed by atoms with E-state index in [9.17, 15) is 0 Å². The van der Waals surface area contributed by atoms with E-state index in [0.29, 0.717) is 17.5 Å². The predicted molar refractivity (Wildman–Crippen MR) is 80.5 cm³/mol. The number of quaternary nitrogens is 1. The fraction of sp³-hybridized carbons (Fsp3) is 0.588. The monoisotopic (exact) mass is 260 g/mol. The second kappa shape index (κ2) is 6.06. The van der Waals surface area contributed by atoms with Crippen molar-refractivity contribution >= 4 is 0 Å². The van der Waals surface area contributed by atoms with Crippen LogP contribution in [0.3, 0.4) is 0 Å².